The van der Waals surface area contributed by atoms with Crippen molar-refractivity contribution in [2.75, 3.05) is 25.1 Å². The van der Waals surface area contributed by atoms with Gasteiger partial charge in [0.2, 0.25) is 0 Å². The van der Waals surface area contributed by atoms with Gasteiger partial charge in [0.15, 0.2) is 0 Å². The van der Waals surface area contributed by atoms with Crippen LogP contribution < -0.4 is 5.32 Å². The first-order valence-electron chi connectivity index (χ1n) is 6.14. The van der Waals surface area contributed by atoms with E-state index < -0.39 is 0 Å². The van der Waals surface area contributed by atoms with E-state index in [-0.39, 0.29) is 0 Å². The number of hydrogen-bond acceptors (Lipinski definition) is 2. The van der Waals surface area contributed by atoms with E-state index in [2.05, 4.69) is 24.1 Å². The number of nitrogens with one attached hydrogen (secondary N) is 1. The molecule has 1 unspecified atom stereocenters. The average Bonchev–Trinajstić information content (AvgIpc) is 2.16. The van der Waals surface area contributed by atoms with Crippen LogP contribution in [0.1, 0.15) is 32.1 Å². The van der Waals surface area contributed by atoms with Crippen molar-refractivity contribution in [2.45, 2.75) is 32.1 Å². The van der Waals surface area contributed by atoms with Gasteiger partial charge in [-0.25, -0.2) is 0 Å². The molecule has 0 aromatic heterocycles. The van der Waals surface area contributed by atoms with Crippen molar-refractivity contribution in [3.8, 4) is 0 Å². The molecule has 1 N–H and O–H groups in total. The summed E-state index contributed by atoms with van der Waals surface area (Å²) in [6, 6.07) is 0. The molecule has 1 atom stereocenters. The SMILES string of the molecule is CNCC(C1CCCCC1)C1CSC1. The van der Waals surface area contributed by atoms with Crippen molar-refractivity contribution in [1.29, 1.82) is 0 Å². The zero-order chi connectivity index (χ0) is 9.80. The first-order chi connectivity index (χ1) is 6.92. The van der Waals surface area contributed by atoms with Crippen LogP contribution >= 0.6 is 11.8 Å². The van der Waals surface area contributed by atoms with Crippen LogP contribution in [-0.4, -0.2) is 25.1 Å². The summed E-state index contributed by atoms with van der Waals surface area (Å²) in [5, 5.41) is 3.40. The fourth-order valence-electron chi connectivity index (χ4n) is 3.02. The van der Waals surface area contributed by atoms with E-state index in [9.17, 15) is 0 Å². The molecule has 2 rings (SSSR count). The molecule has 14 heavy (non-hydrogen) atoms. The molecule has 1 heterocycles. The van der Waals surface area contributed by atoms with Crippen LogP contribution in [0.25, 0.3) is 0 Å². The maximum atomic E-state index is 3.40. The van der Waals surface area contributed by atoms with Crippen LogP contribution in [-0.2, 0) is 0 Å². The van der Waals surface area contributed by atoms with Crippen LogP contribution in [0.5, 0.6) is 0 Å². The molecule has 0 amide bonds. The first-order valence-corrected chi connectivity index (χ1v) is 7.29. The number of hydrogen-bond donors (Lipinski definition) is 1. The number of rotatable bonds is 4. The van der Waals surface area contributed by atoms with E-state index in [4.69, 9.17) is 0 Å². The molecule has 2 heteroatoms. The summed E-state index contributed by atoms with van der Waals surface area (Å²) in [6.07, 6.45) is 7.48. The second-order valence-corrected chi connectivity index (χ2v) is 5.99. The third-order valence-corrected chi connectivity index (χ3v) is 5.29. The van der Waals surface area contributed by atoms with Crippen LogP contribution in [0, 0.1) is 17.8 Å². The second kappa shape index (κ2) is 5.41. The van der Waals surface area contributed by atoms with Crippen LogP contribution in [0.3, 0.4) is 0 Å². The van der Waals surface area contributed by atoms with Crippen molar-refractivity contribution < 1.29 is 0 Å². The molecule has 2 fully saturated rings. The largest absolute Gasteiger partial charge is 0.319 e. The van der Waals surface area contributed by atoms with E-state index in [0.717, 1.165) is 17.8 Å². The zero-order valence-corrected chi connectivity index (χ0v) is 10.1. The Kier molecular flexibility index (Phi) is 4.18. The maximum Gasteiger partial charge on any atom is -0.00176 e. The average molecular weight is 213 g/mol. The lowest BCUT2D eigenvalue weighted by molar-refractivity contribution is 0.193. The van der Waals surface area contributed by atoms with Gasteiger partial charge in [0.25, 0.3) is 0 Å². The summed E-state index contributed by atoms with van der Waals surface area (Å²) in [5.41, 5.74) is 0. The molecule has 1 saturated heterocycles. The fourth-order valence-corrected chi connectivity index (χ4v) is 4.02. The van der Waals surface area contributed by atoms with E-state index >= 15 is 0 Å². The van der Waals surface area contributed by atoms with Gasteiger partial charge in [0.05, 0.1) is 0 Å². The Hall–Kier alpha value is 0.310. The Morgan fingerprint density at radius 1 is 1.14 bits per heavy atom. The molecule has 0 bridgehead atoms. The Balaban J connectivity index is 1.86. The van der Waals surface area contributed by atoms with Crippen LogP contribution in [0.4, 0.5) is 0 Å². The van der Waals surface area contributed by atoms with Gasteiger partial charge >= 0.3 is 0 Å². The second-order valence-electron chi connectivity index (χ2n) is 4.92. The lowest BCUT2D eigenvalue weighted by Crippen LogP contribution is -2.39. The van der Waals surface area contributed by atoms with Crippen molar-refractivity contribution >= 4 is 11.8 Å². The summed E-state index contributed by atoms with van der Waals surface area (Å²) < 4.78 is 0. The van der Waals surface area contributed by atoms with Gasteiger partial charge in [0.1, 0.15) is 0 Å². The molecule has 82 valence electrons. The predicted octanol–water partition coefficient (Wildman–Crippen LogP) is 2.77. The lowest BCUT2D eigenvalue weighted by Gasteiger charge is -2.40. The molecule has 0 radical (unpaired) electrons. The summed E-state index contributed by atoms with van der Waals surface area (Å²) in [5.74, 6) is 5.94. The van der Waals surface area contributed by atoms with Gasteiger partial charge in [-0.2, -0.15) is 11.8 Å². The summed E-state index contributed by atoms with van der Waals surface area (Å²) >= 11 is 2.14. The molecule has 1 aliphatic carbocycles. The highest BCUT2D eigenvalue weighted by atomic mass is 32.2. The van der Waals surface area contributed by atoms with E-state index in [1.165, 1.54) is 50.2 Å². The Labute approximate surface area is 92.4 Å². The molecule has 0 spiro atoms. The van der Waals surface area contributed by atoms with Gasteiger partial charge in [0, 0.05) is 0 Å². The van der Waals surface area contributed by atoms with Gasteiger partial charge < -0.3 is 5.32 Å². The van der Waals surface area contributed by atoms with Crippen molar-refractivity contribution in [3.63, 3.8) is 0 Å². The molecule has 1 aliphatic heterocycles. The minimum atomic E-state index is 0.988. The van der Waals surface area contributed by atoms with Crippen molar-refractivity contribution in [2.24, 2.45) is 17.8 Å². The Morgan fingerprint density at radius 3 is 2.36 bits per heavy atom. The van der Waals surface area contributed by atoms with Crippen molar-refractivity contribution in [1.82, 2.24) is 5.32 Å². The normalized spacial score (nSPS) is 27.2. The molecule has 2 aliphatic rings. The molecular weight excluding hydrogens is 190 g/mol. The minimum Gasteiger partial charge on any atom is -0.319 e. The first kappa shape index (κ1) is 10.8. The standard InChI is InChI=1S/C12H23NS/c1-13-7-12(11-8-14-9-11)10-5-3-2-4-6-10/h10-13H,2-9H2,1H3. The maximum absolute atomic E-state index is 3.40. The topological polar surface area (TPSA) is 12.0 Å². The molecular formula is C12H23NS. The van der Waals surface area contributed by atoms with Gasteiger partial charge in [-0.1, -0.05) is 32.1 Å². The summed E-state index contributed by atoms with van der Waals surface area (Å²) in [6.45, 7) is 1.26. The highest BCUT2D eigenvalue weighted by Crippen LogP contribution is 2.40. The van der Waals surface area contributed by atoms with E-state index in [0.29, 0.717) is 0 Å². The molecule has 1 nitrogen and oxygen atoms in total. The Bertz CT molecular complexity index is 162. The third-order valence-electron chi connectivity index (χ3n) is 3.96. The fraction of sp³-hybridized carbons (Fsp3) is 1.00. The van der Waals surface area contributed by atoms with Gasteiger partial charge in [-0.05, 0) is 42.9 Å². The zero-order valence-electron chi connectivity index (χ0n) is 9.30. The highest BCUT2D eigenvalue weighted by molar-refractivity contribution is 8.00. The van der Waals surface area contributed by atoms with Crippen LogP contribution in [0.15, 0.2) is 0 Å². The summed E-state index contributed by atoms with van der Waals surface area (Å²) in [7, 11) is 2.11. The smallest absolute Gasteiger partial charge is 0.00176 e. The Morgan fingerprint density at radius 2 is 1.86 bits per heavy atom. The molecule has 0 aromatic rings. The lowest BCUT2D eigenvalue weighted by atomic mass is 9.74. The van der Waals surface area contributed by atoms with E-state index in [1.807, 2.05) is 0 Å². The predicted molar refractivity (Wildman–Crippen MR) is 64.8 cm³/mol. The van der Waals surface area contributed by atoms with Gasteiger partial charge in [-0.15, -0.1) is 0 Å². The van der Waals surface area contributed by atoms with Crippen molar-refractivity contribution in [3.05, 3.63) is 0 Å². The van der Waals surface area contributed by atoms with Crippen LogP contribution in [0.2, 0.25) is 0 Å². The van der Waals surface area contributed by atoms with E-state index in [1.54, 1.807) is 0 Å². The quantitative estimate of drug-likeness (QED) is 0.770. The molecule has 0 aromatic carbocycles. The third kappa shape index (κ3) is 2.46. The minimum absolute atomic E-state index is 0.988. The molecule has 1 saturated carbocycles. The summed E-state index contributed by atoms with van der Waals surface area (Å²) in [4.78, 5) is 0. The highest BCUT2D eigenvalue weighted by Gasteiger charge is 2.33. The number of thioether (sulfide) groups is 1. The monoisotopic (exact) mass is 213 g/mol. The van der Waals surface area contributed by atoms with Gasteiger partial charge in [-0.3, -0.25) is 0 Å².